The van der Waals surface area contributed by atoms with E-state index in [0.29, 0.717) is 22.4 Å². The second-order valence-corrected chi connectivity index (χ2v) is 16.3. The molecule has 10 atom stereocenters. The Morgan fingerprint density at radius 1 is 1.03 bits per heavy atom. The van der Waals surface area contributed by atoms with Crippen LogP contribution in [-0.2, 0) is 4.79 Å². The molecular formula is C27H43Br3O. The quantitative estimate of drug-likeness (QED) is 0.280. The zero-order chi connectivity index (χ0) is 22.8. The monoisotopic (exact) mass is 620 g/mol. The van der Waals surface area contributed by atoms with Gasteiger partial charge in [0.2, 0.25) is 0 Å². The van der Waals surface area contributed by atoms with Gasteiger partial charge in [-0.25, -0.2) is 0 Å². The van der Waals surface area contributed by atoms with Crippen LogP contribution in [0.2, 0.25) is 0 Å². The topological polar surface area (TPSA) is 17.1 Å². The molecule has 0 aliphatic heterocycles. The number of Topliss-reactive ketones (excluding diaryl/α,β-unsaturated/α-hetero) is 1. The average molecular weight is 623 g/mol. The molecule has 0 radical (unpaired) electrons. The molecule has 4 fully saturated rings. The number of halogens is 3. The summed E-state index contributed by atoms with van der Waals surface area (Å²) in [5.41, 5.74) is 0.695. The van der Waals surface area contributed by atoms with Gasteiger partial charge in [0.15, 0.2) is 0 Å². The van der Waals surface area contributed by atoms with E-state index in [9.17, 15) is 4.79 Å². The lowest BCUT2D eigenvalue weighted by Gasteiger charge is -2.65. The maximum Gasteiger partial charge on any atom is 0.147 e. The van der Waals surface area contributed by atoms with Crippen molar-refractivity contribution in [3.05, 3.63) is 0 Å². The summed E-state index contributed by atoms with van der Waals surface area (Å²) in [6.07, 6.45) is 12.7. The molecule has 178 valence electrons. The molecule has 0 unspecified atom stereocenters. The number of fused-ring (bicyclic) bond motifs is 5. The zero-order valence-corrected chi connectivity index (χ0v) is 25.0. The molecule has 0 spiro atoms. The largest absolute Gasteiger partial charge is 0.298 e. The minimum Gasteiger partial charge on any atom is -0.298 e. The number of hydrogen-bond acceptors (Lipinski definition) is 1. The molecule has 0 aromatic carbocycles. The van der Waals surface area contributed by atoms with Gasteiger partial charge in [-0.15, -0.1) is 0 Å². The number of rotatable bonds is 5. The van der Waals surface area contributed by atoms with Gasteiger partial charge in [0.05, 0.1) is 9.15 Å². The molecule has 0 aromatic heterocycles. The third-order valence-corrected chi connectivity index (χ3v) is 15.1. The van der Waals surface area contributed by atoms with Gasteiger partial charge in [-0.2, -0.15) is 0 Å². The number of carbonyl (C=O) groups excluding carboxylic acids is 1. The predicted octanol–water partition coefficient (Wildman–Crippen LogP) is 8.94. The van der Waals surface area contributed by atoms with E-state index in [0.717, 1.165) is 41.9 Å². The number of alkyl halides is 3. The van der Waals surface area contributed by atoms with Crippen molar-refractivity contribution < 1.29 is 4.79 Å². The van der Waals surface area contributed by atoms with E-state index in [1.54, 1.807) is 0 Å². The first-order valence-electron chi connectivity index (χ1n) is 12.9. The van der Waals surface area contributed by atoms with Crippen LogP contribution < -0.4 is 0 Å². The summed E-state index contributed by atoms with van der Waals surface area (Å²) >= 11 is 12.1. The first-order valence-corrected chi connectivity index (χ1v) is 15.6. The van der Waals surface area contributed by atoms with Crippen molar-refractivity contribution in [2.75, 3.05) is 0 Å². The van der Waals surface area contributed by atoms with Gasteiger partial charge < -0.3 is 0 Å². The van der Waals surface area contributed by atoms with Gasteiger partial charge in [-0.3, -0.25) is 4.79 Å². The van der Waals surface area contributed by atoms with Gasteiger partial charge in [0.25, 0.3) is 0 Å². The van der Waals surface area contributed by atoms with Crippen LogP contribution in [0.4, 0.5) is 0 Å². The van der Waals surface area contributed by atoms with Crippen LogP contribution in [0.1, 0.15) is 98.8 Å². The smallest absolute Gasteiger partial charge is 0.147 e. The third-order valence-electron chi connectivity index (χ3n) is 10.8. The Kier molecular flexibility index (Phi) is 7.29. The van der Waals surface area contributed by atoms with Crippen molar-refractivity contribution in [2.24, 2.45) is 46.3 Å². The van der Waals surface area contributed by atoms with Crippen molar-refractivity contribution >= 4 is 53.6 Å². The van der Waals surface area contributed by atoms with Crippen LogP contribution >= 0.6 is 47.8 Å². The van der Waals surface area contributed by atoms with Crippen LogP contribution in [0, 0.1) is 46.3 Å². The first kappa shape index (κ1) is 25.2. The van der Waals surface area contributed by atoms with Crippen molar-refractivity contribution in [2.45, 2.75) is 113 Å². The third kappa shape index (κ3) is 4.01. The summed E-state index contributed by atoms with van der Waals surface area (Å²) in [6, 6.07) is 0. The van der Waals surface area contributed by atoms with Crippen molar-refractivity contribution in [1.82, 2.24) is 0 Å². The van der Waals surface area contributed by atoms with E-state index in [2.05, 4.69) is 82.4 Å². The second kappa shape index (κ2) is 8.96. The zero-order valence-electron chi connectivity index (χ0n) is 20.2. The van der Waals surface area contributed by atoms with E-state index in [-0.39, 0.29) is 14.6 Å². The van der Waals surface area contributed by atoms with Crippen LogP contribution in [0.5, 0.6) is 0 Å². The Balaban J connectivity index is 1.55. The van der Waals surface area contributed by atoms with Crippen LogP contribution in [0.25, 0.3) is 0 Å². The van der Waals surface area contributed by atoms with Crippen molar-refractivity contribution in [3.63, 3.8) is 0 Å². The van der Waals surface area contributed by atoms with Crippen molar-refractivity contribution in [3.8, 4) is 0 Å². The van der Waals surface area contributed by atoms with Gasteiger partial charge in [-0.05, 0) is 84.9 Å². The summed E-state index contributed by atoms with van der Waals surface area (Å²) in [6.45, 7) is 12.5. The van der Waals surface area contributed by atoms with E-state index >= 15 is 0 Å². The Bertz CT molecular complexity index is 694. The maximum atomic E-state index is 12.7. The standard InChI is InChI=1S/C27H43Br3O/c1-16(2)7-6-8-17(3)19-9-10-20-18-13-24(29)27(30)15-23(31)22(28)14-26(27,5)21(18)11-12-25(19,20)4/h16-22,24H,6-15H2,1-5H3/t17-,18+,19-,20+,21+,22+,24-,25-,26-,27+/m1/s1. The summed E-state index contributed by atoms with van der Waals surface area (Å²) < 4.78 is -0.0849. The lowest BCUT2D eigenvalue weighted by molar-refractivity contribution is -0.132. The highest BCUT2D eigenvalue weighted by Gasteiger charge is 2.67. The van der Waals surface area contributed by atoms with Crippen molar-refractivity contribution in [1.29, 1.82) is 0 Å². The Hall–Kier alpha value is 1.11. The second-order valence-electron chi connectivity index (χ2n) is 12.7. The molecule has 4 rings (SSSR count). The fourth-order valence-corrected chi connectivity index (χ4v) is 11.9. The van der Waals surface area contributed by atoms with Crippen LogP contribution in [-0.4, -0.2) is 19.8 Å². The molecule has 4 aliphatic carbocycles. The fraction of sp³-hybridized carbons (Fsp3) is 0.963. The SMILES string of the molecule is CC(C)CCC[C@@H](C)[C@H]1CC[C@H]2[C@@H]3C[C@@H](Br)[C@@]4(Br)CC(=O)[C@@H](Br)C[C@]4(C)[C@H]3CC[C@]12C. The lowest BCUT2D eigenvalue weighted by atomic mass is 9.44. The molecule has 0 amide bonds. The molecule has 0 saturated heterocycles. The molecule has 0 aromatic rings. The molecule has 0 bridgehead atoms. The predicted molar refractivity (Wildman–Crippen MR) is 142 cm³/mol. The molecule has 0 N–H and O–H groups in total. The fourth-order valence-electron chi connectivity index (χ4n) is 9.01. The highest BCUT2D eigenvalue weighted by molar-refractivity contribution is 9.12. The number of ketones is 1. The summed E-state index contributed by atoms with van der Waals surface area (Å²) in [5.74, 6) is 5.39. The molecule has 31 heavy (non-hydrogen) atoms. The van der Waals surface area contributed by atoms with Crippen LogP contribution in [0.15, 0.2) is 0 Å². The molecule has 4 aliphatic rings. The summed E-state index contributed by atoms with van der Waals surface area (Å²) in [4.78, 5) is 13.1. The molecular weight excluding hydrogens is 580 g/mol. The molecule has 0 heterocycles. The maximum absolute atomic E-state index is 12.7. The Morgan fingerprint density at radius 2 is 1.74 bits per heavy atom. The van der Waals surface area contributed by atoms with E-state index in [1.807, 2.05) is 0 Å². The first-order chi connectivity index (χ1) is 14.4. The lowest BCUT2D eigenvalue weighted by Crippen LogP contribution is -2.65. The normalized spacial score (nSPS) is 50.7. The number of hydrogen-bond donors (Lipinski definition) is 0. The molecule has 4 saturated carbocycles. The minimum absolute atomic E-state index is 0.0345. The highest BCUT2D eigenvalue weighted by Crippen LogP contribution is 2.71. The van der Waals surface area contributed by atoms with Gasteiger partial charge in [0.1, 0.15) is 5.78 Å². The summed E-state index contributed by atoms with van der Waals surface area (Å²) in [5, 5.41) is 0. The summed E-state index contributed by atoms with van der Waals surface area (Å²) in [7, 11) is 0. The average Bonchev–Trinajstić information content (AvgIpc) is 3.03. The van der Waals surface area contributed by atoms with Gasteiger partial charge in [-0.1, -0.05) is 102 Å². The number of carbonyl (C=O) groups is 1. The van der Waals surface area contributed by atoms with Gasteiger partial charge in [0, 0.05) is 11.2 Å². The molecule has 1 nitrogen and oxygen atoms in total. The highest BCUT2D eigenvalue weighted by atomic mass is 79.9. The van der Waals surface area contributed by atoms with Crippen LogP contribution in [0.3, 0.4) is 0 Å². The minimum atomic E-state index is -0.0849. The van der Waals surface area contributed by atoms with E-state index < -0.39 is 0 Å². The van der Waals surface area contributed by atoms with Gasteiger partial charge >= 0.3 is 0 Å². The Labute approximate surface area is 216 Å². The Morgan fingerprint density at radius 3 is 2.42 bits per heavy atom. The molecule has 4 heteroatoms. The van der Waals surface area contributed by atoms with E-state index in [4.69, 9.17) is 0 Å². The van der Waals surface area contributed by atoms with E-state index in [1.165, 1.54) is 51.4 Å².